The first-order valence-electron chi connectivity index (χ1n) is 7.65. The molecule has 2 unspecified atom stereocenters. The highest BCUT2D eigenvalue weighted by Crippen LogP contribution is 2.28. The molecule has 1 aliphatic carbocycles. The second-order valence-electron chi connectivity index (χ2n) is 6.44. The fourth-order valence-electron chi connectivity index (χ4n) is 3.50. The van der Waals surface area contributed by atoms with Gasteiger partial charge in [0.2, 0.25) is 0 Å². The average Bonchev–Trinajstić information content (AvgIpc) is 2.51. The predicted molar refractivity (Wildman–Crippen MR) is 74.4 cm³/mol. The molecule has 0 aromatic carbocycles. The molecule has 2 nitrogen and oxygen atoms in total. The number of hydrogen-bond donors (Lipinski definition) is 1. The van der Waals surface area contributed by atoms with Crippen LogP contribution in [0.2, 0.25) is 0 Å². The second-order valence-corrected chi connectivity index (χ2v) is 6.44. The van der Waals surface area contributed by atoms with E-state index in [9.17, 15) is 0 Å². The maximum atomic E-state index is 3.77. The van der Waals surface area contributed by atoms with Crippen LogP contribution in [-0.2, 0) is 0 Å². The van der Waals surface area contributed by atoms with E-state index in [4.69, 9.17) is 0 Å². The summed E-state index contributed by atoms with van der Waals surface area (Å²) in [4.78, 5) is 2.82. The van der Waals surface area contributed by atoms with Crippen molar-refractivity contribution in [2.45, 2.75) is 83.3 Å². The van der Waals surface area contributed by atoms with Crippen molar-refractivity contribution in [1.82, 2.24) is 10.2 Å². The van der Waals surface area contributed by atoms with Gasteiger partial charge in [-0.05, 0) is 46.1 Å². The summed E-state index contributed by atoms with van der Waals surface area (Å²) >= 11 is 0. The Morgan fingerprint density at radius 1 is 1.18 bits per heavy atom. The quantitative estimate of drug-likeness (QED) is 0.795. The maximum absolute atomic E-state index is 3.77. The standard InChI is InChI=1S/C15H30N2/c1-4-15(3)12-17(13(2)10-11-16-15)14-8-6-5-7-9-14/h13-14,16H,4-12H2,1-3H3. The van der Waals surface area contributed by atoms with E-state index in [1.807, 2.05) is 0 Å². The lowest BCUT2D eigenvalue weighted by atomic mass is 9.91. The Kier molecular flexibility index (Phi) is 4.48. The van der Waals surface area contributed by atoms with Crippen LogP contribution in [-0.4, -0.2) is 35.6 Å². The van der Waals surface area contributed by atoms with Gasteiger partial charge in [0.05, 0.1) is 0 Å². The normalized spacial score (nSPS) is 37.9. The van der Waals surface area contributed by atoms with Gasteiger partial charge in [-0.2, -0.15) is 0 Å². The minimum Gasteiger partial charge on any atom is -0.310 e. The third-order valence-electron chi connectivity index (χ3n) is 5.04. The highest BCUT2D eigenvalue weighted by molar-refractivity contribution is 4.93. The van der Waals surface area contributed by atoms with Crippen molar-refractivity contribution in [2.24, 2.45) is 0 Å². The monoisotopic (exact) mass is 238 g/mol. The molecule has 0 bridgehead atoms. The molecule has 0 aromatic heterocycles. The molecule has 2 heteroatoms. The molecule has 1 aliphatic heterocycles. The van der Waals surface area contributed by atoms with Crippen molar-refractivity contribution in [3.63, 3.8) is 0 Å². The highest BCUT2D eigenvalue weighted by atomic mass is 15.2. The molecular formula is C15H30N2. The molecule has 0 aromatic rings. The van der Waals surface area contributed by atoms with Gasteiger partial charge >= 0.3 is 0 Å². The van der Waals surface area contributed by atoms with Crippen LogP contribution >= 0.6 is 0 Å². The van der Waals surface area contributed by atoms with Crippen molar-refractivity contribution in [3.05, 3.63) is 0 Å². The summed E-state index contributed by atoms with van der Waals surface area (Å²) in [7, 11) is 0. The van der Waals surface area contributed by atoms with E-state index in [0.717, 1.165) is 12.1 Å². The molecule has 1 saturated carbocycles. The predicted octanol–water partition coefficient (Wildman–Crippen LogP) is 3.17. The minimum absolute atomic E-state index is 0.336. The average molecular weight is 238 g/mol. The first kappa shape index (κ1) is 13.4. The summed E-state index contributed by atoms with van der Waals surface area (Å²) in [5.74, 6) is 0. The van der Waals surface area contributed by atoms with E-state index >= 15 is 0 Å². The summed E-state index contributed by atoms with van der Waals surface area (Å²) in [5.41, 5.74) is 0.336. The Labute approximate surface area is 107 Å². The van der Waals surface area contributed by atoms with Gasteiger partial charge in [0.1, 0.15) is 0 Å². The van der Waals surface area contributed by atoms with Crippen LogP contribution in [0, 0.1) is 0 Å². The zero-order valence-electron chi connectivity index (χ0n) is 12.0. The molecule has 2 aliphatic rings. The fraction of sp³-hybridized carbons (Fsp3) is 1.00. The third kappa shape index (κ3) is 3.23. The van der Waals surface area contributed by atoms with E-state index in [1.54, 1.807) is 0 Å². The molecule has 0 amide bonds. The summed E-state index contributed by atoms with van der Waals surface area (Å²) in [6.45, 7) is 9.59. The summed E-state index contributed by atoms with van der Waals surface area (Å²) in [6.07, 6.45) is 9.78. The topological polar surface area (TPSA) is 15.3 Å². The molecule has 1 heterocycles. The largest absolute Gasteiger partial charge is 0.310 e. The molecular weight excluding hydrogens is 208 g/mol. The minimum atomic E-state index is 0.336. The molecule has 1 N–H and O–H groups in total. The first-order chi connectivity index (χ1) is 8.14. The van der Waals surface area contributed by atoms with E-state index in [0.29, 0.717) is 5.54 Å². The molecule has 0 radical (unpaired) electrons. The van der Waals surface area contributed by atoms with Gasteiger partial charge in [-0.25, -0.2) is 0 Å². The fourth-order valence-corrected chi connectivity index (χ4v) is 3.50. The van der Waals surface area contributed by atoms with E-state index in [2.05, 4.69) is 31.0 Å². The van der Waals surface area contributed by atoms with Gasteiger partial charge in [0.25, 0.3) is 0 Å². The van der Waals surface area contributed by atoms with Crippen LogP contribution in [0.25, 0.3) is 0 Å². The van der Waals surface area contributed by atoms with Gasteiger partial charge < -0.3 is 5.32 Å². The zero-order valence-corrected chi connectivity index (χ0v) is 12.0. The third-order valence-corrected chi connectivity index (χ3v) is 5.04. The van der Waals surface area contributed by atoms with Gasteiger partial charge in [-0.15, -0.1) is 0 Å². The molecule has 0 spiro atoms. The lowest BCUT2D eigenvalue weighted by Gasteiger charge is -2.41. The highest BCUT2D eigenvalue weighted by Gasteiger charge is 2.34. The van der Waals surface area contributed by atoms with Gasteiger partial charge in [0, 0.05) is 24.2 Å². The van der Waals surface area contributed by atoms with Gasteiger partial charge in [0.15, 0.2) is 0 Å². The first-order valence-corrected chi connectivity index (χ1v) is 7.65. The lowest BCUT2D eigenvalue weighted by molar-refractivity contribution is 0.0916. The van der Waals surface area contributed by atoms with Crippen LogP contribution < -0.4 is 5.32 Å². The Balaban J connectivity index is 2.05. The Bertz CT molecular complexity index is 235. The molecule has 17 heavy (non-hydrogen) atoms. The molecule has 2 rings (SSSR count). The van der Waals surface area contributed by atoms with Crippen LogP contribution in [0.1, 0.15) is 65.7 Å². The van der Waals surface area contributed by atoms with E-state index in [-0.39, 0.29) is 0 Å². The Morgan fingerprint density at radius 2 is 1.88 bits per heavy atom. The number of hydrogen-bond acceptors (Lipinski definition) is 2. The molecule has 1 saturated heterocycles. The van der Waals surface area contributed by atoms with Gasteiger partial charge in [-0.1, -0.05) is 26.2 Å². The van der Waals surface area contributed by atoms with Gasteiger partial charge in [-0.3, -0.25) is 4.90 Å². The van der Waals surface area contributed by atoms with Crippen LogP contribution in [0.4, 0.5) is 0 Å². The number of nitrogens with zero attached hydrogens (tertiary/aromatic N) is 1. The lowest BCUT2D eigenvalue weighted by Crippen LogP contribution is -2.52. The second kappa shape index (κ2) is 5.71. The van der Waals surface area contributed by atoms with Crippen LogP contribution in [0.3, 0.4) is 0 Å². The molecule has 2 atom stereocenters. The Hall–Kier alpha value is -0.0800. The smallest absolute Gasteiger partial charge is 0.0278 e. The summed E-state index contributed by atoms with van der Waals surface area (Å²) < 4.78 is 0. The van der Waals surface area contributed by atoms with E-state index < -0.39 is 0 Å². The zero-order chi connectivity index (χ0) is 12.3. The Morgan fingerprint density at radius 3 is 2.53 bits per heavy atom. The van der Waals surface area contributed by atoms with Crippen LogP contribution in [0.5, 0.6) is 0 Å². The molecule has 100 valence electrons. The number of nitrogens with one attached hydrogen (secondary N) is 1. The van der Waals surface area contributed by atoms with Crippen molar-refractivity contribution >= 4 is 0 Å². The van der Waals surface area contributed by atoms with Crippen molar-refractivity contribution in [2.75, 3.05) is 13.1 Å². The molecule has 2 fully saturated rings. The summed E-state index contributed by atoms with van der Waals surface area (Å²) in [6, 6.07) is 1.63. The maximum Gasteiger partial charge on any atom is 0.0278 e. The summed E-state index contributed by atoms with van der Waals surface area (Å²) in [5, 5.41) is 3.77. The van der Waals surface area contributed by atoms with Crippen molar-refractivity contribution < 1.29 is 0 Å². The van der Waals surface area contributed by atoms with E-state index in [1.165, 1.54) is 58.0 Å². The number of rotatable bonds is 2. The van der Waals surface area contributed by atoms with Crippen molar-refractivity contribution in [3.8, 4) is 0 Å². The van der Waals surface area contributed by atoms with Crippen LogP contribution in [0.15, 0.2) is 0 Å². The SMILES string of the molecule is CCC1(C)CN(C2CCCCC2)C(C)CCN1. The van der Waals surface area contributed by atoms with Crippen molar-refractivity contribution in [1.29, 1.82) is 0 Å².